The van der Waals surface area contributed by atoms with Gasteiger partial charge in [0, 0.05) is 24.7 Å². The van der Waals surface area contributed by atoms with Gasteiger partial charge in [-0.25, -0.2) is 8.42 Å². The minimum Gasteiger partial charge on any atom is -0.486 e. The van der Waals surface area contributed by atoms with Gasteiger partial charge in [0.05, 0.1) is 15.5 Å². The van der Waals surface area contributed by atoms with Gasteiger partial charge in [0.25, 0.3) is 15.7 Å². The maximum atomic E-state index is 13.3. The summed E-state index contributed by atoms with van der Waals surface area (Å²) in [7, 11) is -3.95. The lowest BCUT2D eigenvalue weighted by Gasteiger charge is -2.27. The molecule has 0 atom stereocenters. The van der Waals surface area contributed by atoms with Gasteiger partial charge >= 0.3 is 0 Å². The first-order valence-electron chi connectivity index (χ1n) is 8.66. The van der Waals surface area contributed by atoms with Crippen LogP contribution in [0.5, 0.6) is 11.5 Å². The van der Waals surface area contributed by atoms with Gasteiger partial charge in [-0.3, -0.25) is 14.4 Å². The molecule has 2 aromatic carbocycles. The molecule has 0 spiro atoms. The van der Waals surface area contributed by atoms with E-state index in [1.807, 2.05) is 6.07 Å². The first kappa shape index (κ1) is 17.6. The van der Waals surface area contributed by atoms with Crippen LogP contribution in [0.1, 0.15) is 18.4 Å². The van der Waals surface area contributed by atoms with Gasteiger partial charge < -0.3 is 9.47 Å². The molecule has 27 heavy (non-hydrogen) atoms. The van der Waals surface area contributed by atoms with E-state index in [1.54, 1.807) is 6.07 Å². The van der Waals surface area contributed by atoms with Gasteiger partial charge in [-0.1, -0.05) is 6.07 Å². The number of aryl methyl sites for hydroxylation is 1. The van der Waals surface area contributed by atoms with E-state index in [1.165, 1.54) is 22.5 Å². The molecule has 142 valence electrons. The van der Waals surface area contributed by atoms with Gasteiger partial charge in [0.2, 0.25) is 0 Å². The Hall–Kier alpha value is -2.81. The Labute approximate surface area is 156 Å². The molecule has 0 amide bonds. The number of benzene rings is 2. The molecule has 0 aliphatic carbocycles. The quantitative estimate of drug-likeness (QED) is 0.590. The second-order valence-electron chi connectivity index (χ2n) is 6.41. The molecular weight excluding hydrogens is 372 g/mol. The van der Waals surface area contributed by atoms with Crippen LogP contribution < -0.4 is 13.8 Å². The number of sulfonamides is 1. The number of nitro groups is 1. The molecule has 0 bridgehead atoms. The summed E-state index contributed by atoms with van der Waals surface area (Å²) in [5.74, 6) is 1.13. The number of non-ortho nitro benzene ring substituents is 1. The fourth-order valence-electron chi connectivity index (χ4n) is 3.38. The lowest BCUT2D eigenvalue weighted by atomic mass is 10.1. The predicted octanol–water partition coefficient (Wildman–Crippen LogP) is 2.90. The molecule has 4 rings (SSSR count). The maximum Gasteiger partial charge on any atom is 0.270 e. The highest BCUT2D eigenvalue weighted by Gasteiger charge is 2.31. The standard InChI is InChI=1S/C18H18N2O6S/c21-20(22)14-5-3-6-15(11-14)27(23,24)19-7-2-1-4-13-10-17-18(12-16(13)19)26-9-8-25-17/h3,5-6,10-12H,1-2,4,7-9H2. The third-order valence-electron chi connectivity index (χ3n) is 4.69. The van der Waals surface area contributed by atoms with E-state index in [2.05, 4.69) is 0 Å². The molecular formula is C18H18N2O6S. The highest BCUT2D eigenvalue weighted by molar-refractivity contribution is 7.92. The minimum absolute atomic E-state index is 0.0977. The van der Waals surface area contributed by atoms with Crippen molar-refractivity contribution in [2.24, 2.45) is 0 Å². The SMILES string of the molecule is O=[N+]([O-])c1cccc(S(=O)(=O)N2CCCCc3cc4c(cc32)OCCO4)c1. The van der Waals surface area contributed by atoms with E-state index < -0.39 is 14.9 Å². The molecule has 0 fully saturated rings. The number of ether oxygens (including phenoxy) is 2. The number of nitro benzene ring substituents is 1. The van der Waals surface area contributed by atoms with E-state index >= 15 is 0 Å². The minimum atomic E-state index is -3.95. The van der Waals surface area contributed by atoms with Gasteiger partial charge in [-0.2, -0.15) is 0 Å². The maximum absolute atomic E-state index is 13.3. The van der Waals surface area contributed by atoms with E-state index in [-0.39, 0.29) is 10.6 Å². The molecule has 0 saturated heterocycles. The summed E-state index contributed by atoms with van der Waals surface area (Å²) in [5.41, 5.74) is 1.15. The molecule has 2 aliphatic heterocycles. The lowest BCUT2D eigenvalue weighted by molar-refractivity contribution is -0.385. The second kappa shape index (κ2) is 6.73. The van der Waals surface area contributed by atoms with Crippen LogP contribution in [0.3, 0.4) is 0 Å². The Balaban J connectivity index is 1.82. The fraction of sp³-hybridized carbons (Fsp3) is 0.333. The van der Waals surface area contributed by atoms with Gasteiger partial charge in [0.15, 0.2) is 11.5 Å². The van der Waals surface area contributed by atoms with Crippen molar-refractivity contribution in [3.05, 3.63) is 52.1 Å². The molecule has 2 aliphatic rings. The molecule has 8 nitrogen and oxygen atoms in total. The summed E-state index contributed by atoms with van der Waals surface area (Å²) in [6, 6.07) is 8.67. The van der Waals surface area contributed by atoms with Crippen molar-refractivity contribution in [2.45, 2.75) is 24.2 Å². The first-order valence-corrected chi connectivity index (χ1v) is 10.1. The van der Waals surface area contributed by atoms with Gasteiger partial charge in [0.1, 0.15) is 13.2 Å². The largest absolute Gasteiger partial charge is 0.486 e. The van der Waals surface area contributed by atoms with E-state index in [4.69, 9.17) is 9.47 Å². The smallest absolute Gasteiger partial charge is 0.270 e. The van der Waals surface area contributed by atoms with Crippen molar-refractivity contribution in [1.29, 1.82) is 0 Å². The highest BCUT2D eigenvalue weighted by Crippen LogP contribution is 2.41. The molecule has 9 heteroatoms. The monoisotopic (exact) mass is 390 g/mol. The normalized spacial score (nSPS) is 16.4. The predicted molar refractivity (Wildman–Crippen MR) is 98.0 cm³/mol. The van der Waals surface area contributed by atoms with Gasteiger partial charge in [-0.15, -0.1) is 0 Å². The number of fused-ring (bicyclic) bond motifs is 2. The first-order chi connectivity index (χ1) is 13.0. The summed E-state index contributed by atoms with van der Waals surface area (Å²) >= 11 is 0. The van der Waals surface area contributed by atoms with Crippen molar-refractivity contribution >= 4 is 21.4 Å². The molecule has 2 heterocycles. The van der Waals surface area contributed by atoms with Crippen LogP contribution in [-0.4, -0.2) is 33.1 Å². The molecule has 2 aromatic rings. The van der Waals surface area contributed by atoms with Crippen molar-refractivity contribution < 1.29 is 22.8 Å². The number of rotatable bonds is 3. The third-order valence-corrected chi connectivity index (χ3v) is 6.50. The summed E-state index contributed by atoms with van der Waals surface area (Å²) in [6.07, 6.45) is 2.26. The zero-order valence-electron chi connectivity index (χ0n) is 14.5. The van der Waals surface area contributed by atoms with Crippen LogP contribution in [0.25, 0.3) is 0 Å². The number of nitrogens with zero attached hydrogens (tertiary/aromatic N) is 2. The number of anilines is 1. The van der Waals surface area contributed by atoms with Crippen molar-refractivity contribution in [3.63, 3.8) is 0 Å². The average Bonchev–Trinajstić information content (AvgIpc) is 2.88. The van der Waals surface area contributed by atoms with Crippen LogP contribution in [0.4, 0.5) is 11.4 Å². The van der Waals surface area contributed by atoms with Gasteiger partial charge in [-0.05, 0) is 37.0 Å². The van der Waals surface area contributed by atoms with Crippen LogP contribution in [0.15, 0.2) is 41.3 Å². The lowest BCUT2D eigenvalue weighted by Crippen LogP contribution is -2.32. The Morgan fingerprint density at radius 3 is 2.52 bits per heavy atom. The van der Waals surface area contributed by atoms with E-state index in [0.29, 0.717) is 43.4 Å². The van der Waals surface area contributed by atoms with Crippen molar-refractivity contribution in [1.82, 2.24) is 0 Å². The number of hydrogen-bond donors (Lipinski definition) is 0. The summed E-state index contributed by atoms with van der Waals surface area (Å²) in [5, 5.41) is 11.0. The average molecular weight is 390 g/mol. The van der Waals surface area contributed by atoms with Crippen LogP contribution in [0.2, 0.25) is 0 Å². The topological polar surface area (TPSA) is 99.0 Å². The number of hydrogen-bond acceptors (Lipinski definition) is 6. The zero-order valence-corrected chi connectivity index (χ0v) is 15.3. The Morgan fingerprint density at radius 2 is 1.78 bits per heavy atom. The highest BCUT2D eigenvalue weighted by atomic mass is 32.2. The zero-order chi connectivity index (χ0) is 19.0. The van der Waals surface area contributed by atoms with Crippen LogP contribution in [0, 0.1) is 10.1 Å². The Morgan fingerprint density at radius 1 is 1.04 bits per heavy atom. The molecule has 0 aromatic heterocycles. The van der Waals surface area contributed by atoms with Crippen molar-refractivity contribution in [3.8, 4) is 11.5 Å². The molecule has 0 unspecified atom stereocenters. The second-order valence-corrected chi connectivity index (χ2v) is 8.28. The summed E-state index contributed by atoms with van der Waals surface area (Å²) in [6.45, 7) is 1.17. The van der Waals surface area contributed by atoms with Crippen LogP contribution in [-0.2, 0) is 16.4 Å². The third kappa shape index (κ3) is 3.18. The van der Waals surface area contributed by atoms with E-state index in [9.17, 15) is 18.5 Å². The fourth-order valence-corrected chi connectivity index (χ4v) is 4.95. The Kier molecular flexibility index (Phi) is 4.39. The van der Waals surface area contributed by atoms with Crippen LogP contribution >= 0.6 is 0 Å². The summed E-state index contributed by atoms with van der Waals surface area (Å²) in [4.78, 5) is 10.3. The summed E-state index contributed by atoms with van der Waals surface area (Å²) < 4.78 is 39.1. The molecule has 0 radical (unpaired) electrons. The van der Waals surface area contributed by atoms with E-state index in [0.717, 1.165) is 24.5 Å². The van der Waals surface area contributed by atoms with Crippen molar-refractivity contribution in [2.75, 3.05) is 24.1 Å². The molecule has 0 N–H and O–H groups in total. The molecule has 0 saturated carbocycles. The Bertz CT molecular complexity index is 1000.